The summed E-state index contributed by atoms with van der Waals surface area (Å²) in [6, 6.07) is 10.9. The zero-order valence-electron chi connectivity index (χ0n) is 25.4. The number of aliphatic hydroxyl groups is 1. The van der Waals surface area contributed by atoms with E-state index >= 15 is 0 Å². The van der Waals surface area contributed by atoms with Crippen molar-refractivity contribution in [3.8, 4) is 11.5 Å². The van der Waals surface area contributed by atoms with Crippen molar-refractivity contribution in [2.75, 3.05) is 59.8 Å². The maximum absolute atomic E-state index is 13.4. The van der Waals surface area contributed by atoms with Crippen LogP contribution >= 0.6 is 0 Å². The summed E-state index contributed by atoms with van der Waals surface area (Å²) < 4.78 is 39.6. The van der Waals surface area contributed by atoms with Gasteiger partial charge in [0, 0.05) is 37.2 Å². The Bertz CT molecular complexity index is 1320. The van der Waals surface area contributed by atoms with E-state index in [1.165, 1.54) is 30.6 Å². The maximum Gasteiger partial charge on any atom is 0.242 e. The number of aliphatic hydroxyl groups excluding tert-OH is 1. The van der Waals surface area contributed by atoms with Crippen molar-refractivity contribution in [3.63, 3.8) is 0 Å². The summed E-state index contributed by atoms with van der Waals surface area (Å²) in [6.07, 6.45) is 0.462. The van der Waals surface area contributed by atoms with Crippen molar-refractivity contribution in [3.05, 3.63) is 48.0 Å². The van der Waals surface area contributed by atoms with E-state index in [1.54, 1.807) is 42.2 Å². The number of carbonyl (C=O) groups excluding carboxylic acids is 2. The van der Waals surface area contributed by atoms with Gasteiger partial charge in [0.1, 0.15) is 17.6 Å². The van der Waals surface area contributed by atoms with Gasteiger partial charge < -0.3 is 29.7 Å². The lowest BCUT2D eigenvalue weighted by Gasteiger charge is -2.33. The van der Waals surface area contributed by atoms with E-state index in [0.717, 1.165) is 6.54 Å². The highest BCUT2D eigenvalue weighted by atomic mass is 32.2. The van der Waals surface area contributed by atoms with Crippen LogP contribution in [0.2, 0.25) is 0 Å². The lowest BCUT2D eigenvalue weighted by Crippen LogP contribution is -2.48. The first-order valence-electron chi connectivity index (χ1n) is 14.1. The van der Waals surface area contributed by atoms with Crippen molar-refractivity contribution >= 4 is 27.5 Å². The highest BCUT2D eigenvalue weighted by molar-refractivity contribution is 7.89. The number of likely N-dealkylation sites (N-methyl/N-ethyl adjacent to an activating group) is 1. The lowest BCUT2D eigenvalue weighted by atomic mass is 10.0. The Morgan fingerprint density at radius 1 is 1.19 bits per heavy atom. The molecule has 0 aromatic heterocycles. The molecule has 2 aromatic rings. The number of hydrogen-bond acceptors (Lipinski definition) is 8. The Kier molecular flexibility index (Phi) is 11.7. The third kappa shape index (κ3) is 8.66. The summed E-state index contributed by atoms with van der Waals surface area (Å²) in [5.41, 5.74) is 1.12. The molecule has 232 valence electrons. The van der Waals surface area contributed by atoms with E-state index in [2.05, 4.69) is 5.32 Å². The minimum atomic E-state index is -3.85. The Hall–Kier alpha value is -3.19. The van der Waals surface area contributed by atoms with Crippen LogP contribution < -0.4 is 14.8 Å². The smallest absolute Gasteiger partial charge is 0.242 e. The standard InChI is InChI=1S/C30H44N4O7S/c1-21-18-34(22(2)20-35)30(37)17-23-16-24(31-29(36)8-7-15-32(3)4)9-14-27(23)41-28(21)19-33(5)42(38,39)26-12-10-25(40-6)11-13-26/h9-14,16,21-22,28,35H,7-8,15,17-20H2,1-6H3,(H,31,36)/t21-,22+,28+/m1/s1. The highest BCUT2D eigenvalue weighted by Gasteiger charge is 2.33. The van der Waals surface area contributed by atoms with Gasteiger partial charge in [0.25, 0.3) is 0 Å². The molecule has 0 unspecified atom stereocenters. The van der Waals surface area contributed by atoms with E-state index in [0.29, 0.717) is 35.6 Å². The first-order chi connectivity index (χ1) is 19.8. The normalized spacial score (nSPS) is 18.5. The number of nitrogens with one attached hydrogen (secondary N) is 1. The molecule has 2 aromatic carbocycles. The van der Waals surface area contributed by atoms with Crippen molar-refractivity contribution < 1.29 is 32.6 Å². The third-order valence-electron chi connectivity index (χ3n) is 7.41. The number of ether oxygens (including phenoxy) is 2. The zero-order valence-corrected chi connectivity index (χ0v) is 26.2. The number of sulfonamides is 1. The van der Waals surface area contributed by atoms with Gasteiger partial charge in [0.2, 0.25) is 21.8 Å². The molecule has 42 heavy (non-hydrogen) atoms. The van der Waals surface area contributed by atoms with Crippen LogP contribution in [-0.2, 0) is 26.0 Å². The molecule has 0 fully saturated rings. The van der Waals surface area contributed by atoms with Crippen molar-refractivity contribution in [1.29, 1.82) is 0 Å². The van der Waals surface area contributed by atoms with Gasteiger partial charge in [0.05, 0.1) is 37.6 Å². The number of hydrogen-bond donors (Lipinski definition) is 2. The average molecular weight is 605 g/mol. The summed E-state index contributed by atoms with van der Waals surface area (Å²) in [6.45, 7) is 4.53. The predicted molar refractivity (Wildman–Crippen MR) is 161 cm³/mol. The Morgan fingerprint density at radius 3 is 2.50 bits per heavy atom. The van der Waals surface area contributed by atoms with Crippen molar-refractivity contribution in [2.45, 2.75) is 50.2 Å². The average Bonchev–Trinajstić information content (AvgIpc) is 2.99. The maximum atomic E-state index is 13.4. The highest BCUT2D eigenvalue weighted by Crippen LogP contribution is 2.30. The molecule has 0 aliphatic carbocycles. The molecule has 3 rings (SSSR count). The molecule has 0 radical (unpaired) electrons. The summed E-state index contributed by atoms with van der Waals surface area (Å²) in [5, 5.41) is 12.8. The van der Waals surface area contributed by atoms with Crippen LogP contribution in [0.4, 0.5) is 5.69 Å². The molecule has 11 nitrogen and oxygen atoms in total. The molecule has 0 saturated heterocycles. The fourth-order valence-electron chi connectivity index (χ4n) is 4.78. The van der Waals surface area contributed by atoms with Crippen LogP contribution in [-0.4, -0.2) is 106 Å². The number of anilines is 1. The van der Waals surface area contributed by atoms with Gasteiger partial charge >= 0.3 is 0 Å². The van der Waals surface area contributed by atoms with Gasteiger partial charge in [-0.25, -0.2) is 8.42 Å². The summed E-state index contributed by atoms with van der Waals surface area (Å²) in [5.74, 6) is 0.397. The quantitative estimate of drug-likeness (QED) is 0.378. The first-order valence-corrected chi connectivity index (χ1v) is 15.5. The number of nitrogens with zero attached hydrogens (tertiary/aromatic N) is 3. The monoisotopic (exact) mass is 604 g/mol. The predicted octanol–water partition coefficient (Wildman–Crippen LogP) is 2.45. The molecule has 0 saturated carbocycles. The van der Waals surface area contributed by atoms with E-state index in [4.69, 9.17) is 9.47 Å². The second-order valence-electron chi connectivity index (χ2n) is 11.1. The SMILES string of the molecule is COc1ccc(S(=O)(=O)N(C)C[C@@H]2Oc3ccc(NC(=O)CCCN(C)C)cc3CC(=O)N([C@@H](C)CO)C[C@H]2C)cc1. The molecule has 0 spiro atoms. The number of rotatable bonds is 12. The molecule has 1 heterocycles. The van der Waals surface area contributed by atoms with Gasteiger partial charge in [-0.1, -0.05) is 6.92 Å². The van der Waals surface area contributed by atoms with Crippen LogP contribution in [0.25, 0.3) is 0 Å². The van der Waals surface area contributed by atoms with Crippen LogP contribution in [0.5, 0.6) is 11.5 Å². The number of amides is 2. The second kappa shape index (κ2) is 14.8. The van der Waals surface area contributed by atoms with E-state index in [-0.39, 0.29) is 48.7 Å². The van der Waals surface area contributed by atoms with Crippen molar-refractivity contribution in [2.24, 2.45) is 5.92 Å². The number of carbonyl (C=O) groups is 2. The zero-order chi connectivity index (χ0) is 31.0. The molecule has 1 aliphatic heterocycles. The number of fused-ring (bicyclic) bond motifs is 1. The largest absolute Gasteiger partial charge is 0.497 e. The second-order valence-corrected chi connectivity index (χ2v) is 13.2. The fourth-order valence-corrected chi connectivity index (χ4v) is 5.97. The number of benzene rings is 2. The van der Waals surface area contributed by atoms with Gasteiger partial charge in [-0.15, -0.1) is 0 Å². The first kappa shape index (κ1) is 33.3. The Balaban J connectivity index is 1.89. The third-order valence-corrected chi connectivity index (χ3v) is 9.25. The van der Waals surface area contributed by atoms with E-state index in [1.807, 2.05) is 25.9 Å². The summed E-state index contributed by atoms with van der Waals surface area (Å²) in [7, 11) is 3.07. The molecule has 12 heteroatoms. The molecular weight excluding hydrogens is 560 g/mol. The topological polar surface area (TPSA) is 129 Å². The Morgan fingerprint density at radius 2 is 1.88 bits per heavy atom. The molecule has 2 N–H and O–H groups in total. The minimum absolute atomic E-state index is 0.00341. The summed E-state index contributed by atoms with van der Waals surface area (Å²) >= 11 is 0. The molecule has 2 amide bonds. The molecule has 3 atom stereocenters. The summed E-state index contributed by atoms with van der Waals surface area (Å²) in [4.78, 5) is 29.7. The van der Waals surface area contributed by atoms with Crippen molar-refractivity contribution in [1.82, 2.24) is 14.1 Å². The van der Waals surface area contributed by atoms with E-state index < -0.39 is 22.2 Å². The number of methoxy groups -OCH3 is 1. The minimum Gasteiger partial charge on any atom is -0.497 e. The van der Waals surface area contributed by atoms with Gasteiger partial charge in [-0.05, 0) is 76.4 Å². The van der Waals surface area contributed by atoms with Gasteiger partial charge in [-0.3, -0.25) is 9.59 Å². The lowest BCUT2D eigenvalue weighted by molar-refractivity contribution is -0.134. The molecular formula is C30H44N4O7S. The van der Waals surface area contributed by atoms with Crippen LogP contribution in [0.15, 0.2) is 47.4 Å². The van der Waals surface area contributed by atoms with Crippen LogP contribution in [0, 0.1) is 5.92 Å². The van der Waals surface area contributed by atoms with Gasteiger partial charge in [0.15, 0.2) is 0 Å². The molecule has 0 bridgehead atoms. The van der Waals surface area contributed by atoms with Crippen LogP contribution in [0.3, 0.4) is 0 Å². The molecule has 1 aliphatic rings. The van der Waals surface area contributed by atoms with Crippen LogP contribution in [0.1, 0.15) is 32.3 Å². The van der Waals surface area contributed by atoms with Gasteiger partial charge in [-0.2, -0.15) is 4.31 Å². The Labute approximate surface area is 249 Å². The van der Waals surface area contributed by atoms with E-state index in [9.17, 15) is 23.1 Å². The fraction of sp³-hybridized carbons (Fsp3) is 0.533.